The van der Waals surface area contributed by atoms with Crippen LogP contribution in [-0.2, 0) is 4.79 Å². The topological polar surface area (TPSA) is 69.6 Å². The zero-order valence-electron chi connectivity index (χ0n) is 12.1. The van der Waals surface area contributed by atoms with Gasteiger partial charge in [0, 0.05) is 19.1 Å². The van der Waals surface area contributed by atoms with Gasteiger partial charge in [-0.3, -0.25) is 4.79 Å². The molecule has 0 heterocycles. The minimum absolute atomic E-state index is 0.114. The highest BCUT2D eigenvalue weighted by Gasteiger charge is 2.32. The average molecular weight is 258 g/mol. The molecule has 0 fully saturated rings. The van der Waals surface area contributed by atoms with Gasteiger partial charge in [0.05, 0.1) is 5.41 Å². The summed E-state index contributed by atoms with van der Waals surface area (Å²) in [5, 5.41) is 11.9. The maximum Gasteiger partial charge on any atom is 0.317 e. The second-order valence-electron chi connectivity index (χ2n) is 5.17. The van der Waals surface area contributed by atoms with Crippen LogP contribution >= 0.6 is 0 Å². The van der Waals surface area contributed by atoms with Crippen LogP contribution in [0, 0.1) is 5.41 Å². The molecular weight excluding hydrogens is 232 g/mol. The van der Waals surface area contributed by atoms with Gasteiger partial charge in [-0.25, -0.2) is 4.79 Å². The van der Waals surface area contributed by atoms with Crippen molar-refractivity contribution in [3.63, 3.8) is 0 Å². The Bertz CT molecular complexity index is 292. The van der Waals surface area contributed by atoms with Crippen LogP contribution in [0.3, 0.4) is 0 Å². The van der Waals surface area contributed by atoms with E-state index >= 15 is 0 Å². The summed E-state index contributed by atoms with van der Waals surface area (Å²) in [6.07, 6.45) is 1.37. The lowest BCUT2D eigenvalue weighted by Gasteiger charge is -2.29. The van der Waals surface area contributed by atoms with Crippen molar-refractivity contribution in [1.82, 2.24) is 10.2 Å². The number of nitrogens with one attached hydrogen (secondary N) is 1. The summed E-state index contributed by atoms with van der Waals surface area (Å²) in [6.45, 7) is 10.2. The van der Waals surface area contributed by atoms with E-state index in [1.54, 1.807) is 11.8 Å². The maximum atomic E-state index is 12.0. The molecule has 106 valence electrons. The monoisotopic (exact) mass is 258 g/mol. The molecule has 0 aliphatic heterocycles. The fourth-order valence-corrected chi connectivity index (χ4v) is 1.56. The van der Waals surface area contributed by atoms with Crippen LogP contribution in [0.1, 0.15) is 47.5 Å². The molecule has 0 rings (SSSR count). The molecule has 0 saturated heterocycles. The summed E-state index contributed by atoms with van der Waals surface area (Å²) < 4.78 is 0. The number of nitrogens with zero attached hydrogens (tertiary/aromatic N) is 1. The van der Waals surface area contributed by atoms with Crippen LogP contribution in [0.2, 0.25) is 0 Å². The molecule has 1 unspecified atom stereocenters. The molecule has 0 aromatic carbocycles. The second-order valence-corrected chi connectivity index (χ2v) is 5.17. The van der Waals surface area contributed by atoms with Crippen molar-refractivity contribution in [2.75, 3.05) is 13.1 Å². The SMILES string of the molecule is CCCN(C(=O)NCC(C)(CC)C(=O)O)C(C)C. The molecule has 0 aromatic rings. The number of aliphatic carboxylic acids is 1. The number of amides is 2. The van der Waals surface area contributed by atoms with E-state index in [1.165, 1.54) is 0 Å². The largest absolute Gasteiger partial charge is 0.481 e. The molecule has 5 heteroatoms. The Morgan fingerprint density at radius 2 is 1.89 bits per heavy atom. The number of carboxylic acid groups (broad SMARTS) is 1. The minimum atomic E-state index is -0.898. The fourth-order valence-electron chi connectivity index (χ4n) is 1.56. The molecule has 0 spiro atoms. The number of rotatable bonds is 7. The molecule has 18 heavy (non-hydrogen) atoms. The second kappa shape index (κ2) is 7.24. The number of carbonyl (C=O) groups is 2. The summed E-state index contributed by atoms with van der Waals surface area (Å²) in [6, 6.07) is -0.0737. The van der Waals surface area contributed by atoms with Crippen molar-refractivity contribution < 1.29 is 14.7 Å². The lowest BCUT2D eigenvalue weighted by molar-refractivity contribution is -0.147. The Kier molecular flexibility index (Phi) is 6.73. The highest BCUT2D eigenvalue weighted by molar-refractivity contribution is 5.78. The van der Waals surface area contributed by atoms with Crippen molar-refractivity contribution in [1.29, 1.82) is 0 Å². The lowest BCUT2D eigenvalue weighted by Crippen LogP contribution is -2.48. The van der Waals surface area contributed by atoms with Gasteiger partial charge in [0.25, 0.3) is 0 Å². The number of urea groups is 1. The van der Waals surface area contributed by atoms with Crippen molar-refractivity contribution in [2.24, 2.45) is 5.41 Å². The first-order valence-electron chi connectivity index (χ1n) is 6.56. The van der Waals surface area contributed by atoms with Gasteiger partial charge < -0.3 is 15.3 Å². The Morgan fingerprint density at radius 1 is 1.33 bits per heavy atom. The summed E-state index contributed by atoms with van der Waals surface area (Å²) in [4.78, 5) is 24.8. The third-order valence-electron chi connectivity index (χ3n) is 3.28. The van der Waals surface area contributed by atoms with E-state index in [9.17, 15) is 9.59 Å². The predicted molar refractivity (Wildman–Crippen MR) is 71.6 cm³/mol. The van der Waals surface area contributed by atoms with Gasteiger partial charge in [-0.2, -0.15) is 0 Å². The summed E-state index contributed by atoms with van der Waals surface area (Å²) in [5.41, 5.74) is -0.898. The van der Waals surface area contributed by atoms with Crippen LogP contribution < -0.4 is 5.32 Å². The number of hydrogen-bond donors (Lipinski definition) is 2. The van der Waals surface area contributed by atoms with Crippen LogP contribution in [0.15, 0.2) is 0 Å². The fraction of sp³-hybridized carbons (Fsp3) is 0.846. The van der Waals surface area contributed by atoms with Gasteiger partial charge in [-0.15, -0.1) is 0 Å². The molecule has 0 aliphatic carbocycles. The molecule has 2 amide bonds. The first kappa shape index (κ1) is 16.7. The Hall–Kier alpha value is -1.26. The van der Waals surface area contributed by atoms with Gasteiger partial charge in [0.1, 0.15) is 0 Å². The van der Waals surface area contributed by atoms with Gasteiger partial charge >= 0.3 is 12.0 Å². The van der Waals surface area contributed by atoms with Gasteiger partial charge in [0.15, 0.2) is 0 Å². The molecule has 5 nitrogen and oxygen atoms in total. The zero-order chi connectivity index (χ0) is 14.3. The smallest absolute Gasteiger partial charge is 0.317 e. The molecule has 0 aromatic heterocycles. The normalized spacial score (nSPS) is 14.1. The third-order valence-corrected chi connectivity index (χ3v) is 3.28. The number of carboxylic acids is 1. The van der Waals surface area contributed by atoms with Gasteiger partial charge in [-0.05, 0) is 33.6 Å². The molecule has 0 radical (unpaired) electrons. The molecule has 2 N–H and O–H groups in total. The predicted octanol–water partition coefficient (Wildman–Crippen LogP) is 2.32. The lowest BCUT2D eigenvalue weighted by atomic mass is 9.88. The van der Waals surface area contributed by atoms with Crippen molar-refractivity contribution >= 4 is 12.0 Å². The number of carbonyl (C=O) groups excluding carboxylic acids is 1. The van der Waals surface area contributed by atoms with E-state index in [0.29, 0.717) is 13.0 Å². The first-order valence-corrected chi connectivity index (χ1v) is 6.56. The summed E-state index contributed by atoms with van der Waals surface area (Å²) >= 11 is 0. The highest BCUT2D eigenvalue weighted by atomic mass is 16.4. The molecule has 0 aliphatic rings. The molecule has 1 atom stereocenters. The third kappa shape index (κ3) is 4.55. The van der Waals surface area contributed by atoms with E-state index in [2.05, 4.69) is 5.32 Å². The Labute approximate surface area is 110 Å². The van der Waals surface area contributed by atoms with Crippen LogP contribution in [-0.4, -0.2) is 41.1 Å². The van der Waals surface area contributed by atoms with Crippen LogP contribution in [0.25, 0.3) is 0 Å². The summed E-state index contributed by atoms with van der Waals surface area (Å²) in [5.74, 6) is -0.878. The van der Waals surface area contributed by atoms with Crippen LogP contribution in [0.5, 0.6) is 0 Å². The standard InChI is InChI=1S/C13H26N2O3/c1-6-8-15(10(3)4)12(18)14-9-13(5,7-2)11(16)17/h10H,6-9H2,1-5H3,(H,14,18)(H,16,17). The first-order chi connectivity index (χ1) is 8.28. The van der Waals surface area contributed by atoms with Crippen LogP contribution in [0.4, 0.5) is 4.79 Å². The van der Waals surface area contributed by atoms with E-state index in [4.69, 9.17) is 5.11 Å². The van der Waals surface area contributed by atoms with E-state index < -0.39 is 11.4 Å². The van der Waals surface area contributed by atoms with Crippen molar-refractivity contribution in [3.8, 4) is 0 Å². The van der Waals surface area contributed by atoms with Crippen molar-refractivity contribution in [2.45, 2.75) is 53.5 Å². The van der Waals surface area contributed by atoms with E-state index in [-0.39, 0.29) is 18.6 Å². The Balaban J connectivity index is 4.51. The van der Waals surface area contributed by atoms with E-state index in [0.717, 1.165) is 6.42 Å². The van der Waals surface area contributed by atoms with E-state index in [1.807, 2.05) is 27.7 Å². The average Bonchev–Trinajstić information content (AvgIpc) is 2.31. The van der Waals surface area contributed by atoms with Gasteiger partial charge in [0.2, 0.25) is 0 Å². The minimum Gasteiger partial charge on any atom is -0.481 e. The Morgan fingerprint density at radius 3 is 2.22 bits per heavy atom. The number of hydrogen-bond acceptors (Lipinski definition) is 2. The zero-order valence-corrected chi connectivity index (χ0v) is 12.1. The van der Waals surface area contributed by atoms with Crippen molar-refractivity contribution in [3.05, 3.63) is 0 Å². The summed E-state index contributed by atoms with van der Waals surface area (Å²) in [7, 11) is 0. The molecular formula is C13H26N2O3. The quantitative estimate of drug-likeness (QED) is 0.736. The molecule has 0 bridgehead atoms. The van der Waals surface area contributed by atoms with Gasteiger partial charge in [-0.1, -0.05) is 13.8 Å². The molecule has 0 saturated carbocycles. The highest BCUT2D eigenvalue weighted by Crippen LogP contribution is 2.20. The maximum absolute atomic E-state index is 12.0.